The number of thiophene rings is 2. The Hall–Kier alpha value is 0.140. The Kier molecular flexibility index (Phi) is 6.19. The van der Waals surface area contributed by atoms with E-state index in [0.29, 0.717) is 0 Å². The molecule has 0 bridgehead atoms. The Balaban J connectivity index is 1.70. The standard InChI is InChI=1S/C15H21BrS2/c1-2-3-4-5-6-7-8-9-12-10-17-15-13(16)11-18-14(12)15/h10-11H,2-9H2,1H3. The second-order valence-corrected chi connectivity index (χ2v) is 7.49. The summed E-state index contributed by atoms with van der Waals surface area (Å²) in [5.74, 6) is 0. The Bertz CT molecular complexity index is 470. The van der Waals surface area contributed by atoms with E-state index in [2.05, 4.69) is 33.6 Å². The average molecular weight is 345 g/mol. The molecule has 2 heterocycles. The first-order chi connectivity index (χ1) is 8.83. The fourth-order valence-corrected chi connectivity index (χ4v) is 5.39. The second kappa shape index (κ2) is 7.66. The zero-order valence-electron chi connectivity index (χ0n) is 11.0. The minimum Gasteiger partial charge on any atom is -0.141 e. The van der Waals surface area contributed by atoms with Crippen molar-refractivity contribution in [3.8, 4) is 0 Å². The highest BCUT2D eigenvalue weighted by Gasteiger charge is 2.08. The van der Waals surface area contributed by atoms with E-state index in [9.17, 15) is 0 Å². The van der Waals surface area contributed by atoms with Crippen LogP contribution in [0.15, 0.2) is 15.2 Å². The van der Waals surface area contributed by atoms with Gasteiger partial charge in [0.15, 0.2) is 0 Å². The predicted molar refractivity (Wildman–Crippen MR) is 89.1 cm³/mol. The van der Waals surface area contributed by atoms with Crippen LogP contribution in [0.2, 0.25) is 0 Å². The van der Waals surface area contributed by atoms with Gasteiger partial charge in [0.25, 0.3) is 0 Å². The zero-order chi connectivity index (χ0) is 12.8. The number of fused-ring (bicyclic) bond motifs is 1. The molecule has 2 aromatic rings. The van der Waals surface area contributed by atoms with Gasteiger partial charge in [0, 0.05) is 14.6 Å². The lowest BCUT2D eigenvalue weighted by molar-refractivity contribution is 0.590. The highest BCUT2D eigenvalue weighted by Crippen LogP contribution is 2.38. The van der Waals surface area contributed by atoms with Gasteiger partial charge in [0.05, 0.1) is 4.70 Å². The predicted octanol–water partition coefficient (Wildman–Crippen LogP) is 7.02. The van der Waals surface area contributed by atoms with Crippen molar-refractivity contribution in [2.75, 3.05) is 0 Å². The summed E-state index contributed by atoms with van der Waals surface area (Å²) >= 11 is 7.39. The lowest BCUT2D eigenvalue weighted by atomic mass is 10.1. The van der Waals surface area contributed by atoms with Crippen LogP contribution in [0.4, 0.5) is 0 Å². The fourth-order valence-electron chi connectivity index (χ4n) is 2.29. The summed E-state index contributed by atoms with van der Waals surface area (Å²) in [4.78, 5) is 0. The molecule has 0 aliphatic rings. The Morgan fingerprint density at radius 3 is 2.33 bits per heavy atom. The molecular formula is C15H21BrS2. The van der Waals surface area contributed by atoms with Crippen molar-refractivity contribution in [2.45, 2.75) is 58.3 Å². The van der Waals surface area contributed by atoms with Gasteiger partial charge in [-0.25, -0.2) is 0 Å². The highest BCUT2D eigenvalue weighted by atomic mass is 79.9. The minimum atomic E-state index is 1.26. The normalized spacial score (nSPS) is 11.4. The molecule has 100 valence electrons. The number of unbranched alkanes of at least 4 members (excludes halogenated alkanes) is 6. The molecule has 0 saturated heterocycles. The summed E-state index contributed by atoms with van der Waals surface area (Å²) in [7, 11) is 0. The van der Waals surface area contributed by atoms with E-state index in [1.54, 1.807) is 5.56 Å². The van der Waals surface area contributed by atoms with Crippen molar-refractivity contribution in [3.63, 3.8) is 0 Å². The van der Waals surface area contributed by atoms with E-state index in [-0.39, 0.29) is 0 Å². The largest absolute Gasteiger partial charge is 0.141 e. The number of rotatable bonds is 8. The third-order valence-electron chi connectivity index (χ3n) is 3.36. The van der Waals surface area contributed by atoms with Gasteiger partial charge in [-0.1, -0.05) is 45.4 Å². The molecule has 0 N–H and O–H groups in total. The van der Waals surface area contributed by atoms with Gasteiger partial charge in [0.1, 0.15) is 0 Å². The maximum atomic E-state index is 3.62. The first-order valence-electron chi connectivity index (χ1n) is 6.96. The summed E-state index contributed by atoms with van der Waals surface area (Å²) in [6.45, 7) is 2.28. The van der Waals surface area contributed by atoms with Crippen LogP contribution >= 0.6 is 38.6 Å². The molecule has 0 nitrogen and oxygen atoms in total. The highest BCUT2D eigenvalue weighted by molar-refractivity contribution is 9.10. The van der Waals surface area contributed by atoms with Gasteiger partial charge in [-0.3, -0.25) is 0 Å². The maximum Gasteiger partial charge on any atom is 0.0595 e. The van der Waals surface area contributed by atoms with Crippen molar-refractivity contribution in [1.29, 1.82) is 0 Å². The minimum absolute atomic E-state index is 1.26. The summed E-state index contributed by atoms with van der Waals surface area (Å²) in [5.41, 5.74) is 1.57. The Labute approximate surface area is 127 Å². The molecular weight excluding hydrogens is 324 g/mol. The van der Waals surface area contributed by atoms with Crippen LogP contribution in [0.3, 0.4) is 0 Å². The van der Waals surface area contributed by atoms with Crippen LogP contribution in [0, 0.1) is 0 Å². The lowest BCUT2D eigenvalue weighted by Gasteiger charge is -2.00. The number of aryl methyl sites for hydroxylation is 1. The van der Waals surface area contributed by atoms with Crippen LogP contribution in [0.25, 0.3) is 9.40 Å². The summed E-state index contributed by atoms with van der Waals surface area (Å²) < 4.78 is 4.23. The van der Waals surface area contributed by atoms with Crippen LogP contribution in [0.5, 0.6) is 0 Å². The molecule has 0 unspecified atom stereocenters. The number of hydrogen-bond acceptors (Lipinski definition) is 2. The van der Waals surface area contributed by atoms with Crippen LogP contribution in [0.1, 0.15) is 57.4 Å². The van der Waals surface area contributed by atoms with Gasteiger partial charge in [-0.2, -0.15) is 0 Å². The first-order valence-corrected chi connectivity index (χ1v) is 9.51. The SMILES string of the molecule is CCCCCCCCCc1csc2c(Br)csc12. The molecule has 0 aliphatic carbocycles. The van der Waals surface area contributed by atoms with E-state index < -0.39 is 0 Å². The molecule has 0 amide bonds. The first kappa shape index (κ1) is 14.5. The monoisotopic (exact) mass is 344 g/mol. The van der Waals surface area contributed by atoms with Crippen molar-refractivity contribution < 1.29 is 0 Å². The van der Waals surface area contributed by atoms with Gasteiger partial charge >= 0.3 is 0 Å². The van der Waals surface area contributed by atoms with E-state index in [1.807, 2.05) is 22.7 Å². The second-order valence-electron chi connectivity index (χ2n) is 4.87. The quantitative estimate of drug-likeness (QED) is 0.451. The third-order valence-corrected chi connectivity index (χ3v) is 6.80. The molecule has 0 radical (unpaired) electrons. The van der Waals surface area contributed by atoms with Crippen molar-refractivity contribution in [2.24, 2.45) is 0 Å². The van der Waals surface area contributed by atoms with E-state index >= 15 is 0 Å². The van der Waals surface area contributed by atoms with E-state index in [1.165, 1.54) is 65.2 Å². The topological polar surface area (TPSA) is 0 Å². The third kappa shape index (κ3) is 3.82. The van der Waals surface area contributed by atoms with Crippen molar-refractivity contribution in [3.05, 3.63) is 20.8 Å². The molecule has 0 fully saturated rings. The summed E-state index contributed by atoms with van der Waals surface area (Å²) in [6, 6.07) is 0. The van der Waals surface area contributed by atoms with Crippen molar-refractivity contribution in [1.82, 2.24) is 0 Å². The molecule has 18 heavy (non-hydrogen) atoms. The van der Waals surface area contributed by atoms with Crippen LogP contribution in [-0.2, 0) is 6.42 Å². The van der Waals surface area contributed by atoms with Gasteiger partial charge in [0.2, 0.25) is 0 Å². The molecule has 2 rings (SSSR count). The van der Waals surface area contributed by atoms with Crippen molar-refractivity contribution >= 4 is 48.0 Å². The van der Waals surface area contributed by atoms with Crippen LogP contribution in [-0.4, -0.2) is 0 Å². The molecule has 0 atom stereocenters. The average Bonchev–Trinajstić information content (AvgIpc) is 2.93. The lowest BCUT2D eigenvalue weighted by Crippen LogP contribution is -1.84. The molecule has 3 heteroatoms. The van der Waals surface area contributed by atoms with Gasteiger partial charge in [-0.05, 0) is 39.7 Å². The molecule has 0 saturated carbocycles. The summed E-state index contributed by atoms with van der Waals surface area (Å²) in [6.07, 6.45) is 11.0. The van der Waals surface area contributed by atoms with Gasteiger partial charge in [-0.15, -0.1) is 22.7 Å². The Morgan fingerprint density at radius 1 is 0.889 bits per heavy atom. The zero-order valence-corrected chi connectivity index (χ0v) is 14.2. The molecule has 0 spiro atoms. The van der Waals surface area contributed by atoms with E-state index in [0.717, 1.165) is 0 Å². The molecule has 0 aromatic carbocycles. The number of halogens is 1. The smallest absolute Gasteiger partial charge is 0.0595 e. The van der Waals surface area contributed by atoms with Gasteiger partial charge < -0.3 is 0 Å². The molecule has 0 aliphatic heterocycles. The fraction of sp³-hybridized carbons (Fsp3) is 0.600. The Morgan fingerprint density at radius 2 is 1.56 bits per heavy atom. The summed E-state index contributed by atoms with van der Waals surface area (Å²) in [5, 5.41) is 4.57. The number of hydrogen-bond donors (Lipinski definition) is 0. The molecule has 2 aromatic heterocycles. The maximum absolute atomic E-state index is 3.62. The van der Waals surface area contributed by atoms with E-state index in [4.69, 9.17) is 0 Å². The van der Waals surface area contributed by atoms with Crippen LogP contribution < -0.4 is 0 Å².